The van der Waals surface area contributed by atoms with E-state index in [4.69, 9.17) is 4.84 Å². The van der Waals surface area contributed by atoms with Gasteiger partial charge in [0.25, 0.3) is 5.91 Å². The molecule has 1 aromatic rings. The van der Waals surface area contributed by atoms with E-state index >= 15 is 0 Å². The molecule has 1 amide bonds. The number of hydrogen-bond donors (Lipinski definition) is 2. The average Bonchev–Trinajstić information content (AvgIpc) is 3.46. The summed E-state index contributed by atoms with van der Waals surface area (Å²) in [6.07, 6.45) is 15.4. The van der Waals surface area contributed by atoms with Crippen LogP contribution in [0.4, 0.5) is 0 Å². The molecule has 6 atom stereocenters. The van der Waals surface area contributed by atoms with Gasteiger partial charge in [-0.3, -0.25) is 9.59 Å². The van der Waals surface area contributed by atoms with Gasteiger partial charge in [-0.2, -0.15) is 0 Å². The van der Waals surface area contributed by atoms with Crippen molar-refractivity contribution in [2.75, 3.05) is 13.2 Å². The van der Waals surface area contributed by atoms with Crippen LogP contribution in [-0.2, 0) is 20.8 Å². The molecule has 4 aliphatic rings. The number of nitrogens with zero attached hydrogens (tertiary/aromatic N) is 2. The summed E-state index contributed by atoms with van der Waals surface area (Å²) in [6, 6.07) is 0. The highest BCUT2D eigenvalue weighted by atomic mass is 16.6. The molecule has 35 heavy (non-hydrogen) atoms. The number of rotatable bonds is 7. The number of oxime groups is 1. The highest BCUT2D eigenvalue weighted by molar-refractivity contribution is 5.96. The third kappa shape index (κ3) is 4.47. The van der Waals surface area contributed by atoms with Crippen LogP contribution in [0.1, 0.15) is 77.8 Å². The molecule has 0 saturated heterocycles. The molecule has 0 spiro atoms. The molecule has 190 valence electrons. The zero-order valence-electron chi connectivity index (χ0n) is 21.4. The molecule has 0 aliphatic heterocycles. The summed E-state index contributed by atoms with van der Waals surface area (Å²) < 4.78 is 0. The van der Waals surface area contributed by atoms with Crippen molar-refractivity contribution < 1.29 is 14.4 Å². The van der Waals surface area contributed by atoms with Gasteiger partial charge >= 0.3 is 0 Å². The van der Waals surface area contributed by atoms with Gasteiger partial charge < -0.3 is 15.1 Å². The van der Waals surface area contributed by atoms with Gasteiger partial charge in [-0.25, -0.2) is 4.98 Å². The molecule has 7 nitrogen and oxygen atoms in total. The molecular formula is C28H40N4O3. The Labute approximate surface area is 208 Å². The van der Waals surface area contributed by atoms with E-state index in [1.54, 1.807) is 12.5 Å². The SMILES string of the molecule is CC(=O)[C@H]1CC[C@H]2[C@@H]3CCC4=C/C(=N/OCC(=O)NCCc5cnc[nH]5)CC[C@]4(C)[C@H]3CC[C@]12C. The molecule has 0 unspecified atom stereocenters. The lowest BCUT2D eigenvalue weighted by Gasteiger charge is -2.58. The lowest BCUT2D eigenvalue weighted by Crippen LogP contribution is -2.51. The van der Waals surface area contributed by atoms with Crippen LogP contribution in [0.25, 0.3) is 0 Å². The van der Waals surface area contributed by atoms with Crippen LogP contribution < -0.4 is 5.32 Å². The Morgan fingerprint density at radius 3 is 2.80 bits per heavy atom. The minimum atomic E-state index is -0.159. The van der Waals surface area contributed by atoms with E-state index in [2.05, 4.69) is 40.4 Å². The number of ketones is 1. The maximum absolute atomic E-state index is 12.4. The van der Waals surface area contributed by atoms with Crippen molar-refractivity contribution in [2.45, 2.75) is 78.6 Å². The molecule has 0 aromatic carbocycles. The maximum Gasteiger partial charge on any atom is 0.260 e. The lowest BCUT2D eigenvalue weighted by atomic mass is 9.46. The third-order valence-electron chi connectivity index (χ3n) is 10.1. The normalized spacial score (nSPS) is 37.1. The Balaban J connectivity index is 1.18. The second-order valence-corrected chi connectivity index (χ2v) is 11.8. The van der Waals surface area contributed by atoms with Crippen LogP contribution >= 0.6 is 0 Å². The molecular weight excluding hydrogens is 440 g/mol. The van der Waals surface area contributed by atoms with E-state index in [9.17, 15) is 9.59 Å². The molecule has 1 heterocycles. The smallest absolute Gasteiger partial charge is 0.260 e. The molecule has 7 heteroatoms. The summed E-state index contributed by atoms with van der Waals surface area (Å²) in [5, 5.41) is 7.18. The highest BCUT2D eigenvalue weighted by Crippen LogP contribution is 2.66. The number of nitrogens with one attached hydrogen (secondary N) is 2. The molecule has 3 fully saturated rings. The molecule has 1 aromatic heterocycles. The fourth-order valence-corrected chi connectivity index (χ4v) is 8.29. The second-order valence-electron chi connectivity index (χ2n) is 11.8. The predicted molar refractivity (Wildman–Crippen MR) is 135 cm³/mol. The number of allylic oxidation sites excluding steroid dienone is 2. The summed E-state index contributed by atoms with van der Waals surface area (Å²) in [4.78, 5) is 36.8. The van der Waals surface area contributed by atoms with Crippen LogP contribution in [0.15, 0.2) is 29.3 Å². The highest BCUT2D eigenvalue weighted by Gasteiger charge is 2.59. The van der Waals surface area contributed by atoms with Crippen molar-refractivity contribution in [2.24, 2.45) is 39.7 Å². The zero-order valence-corrected chi connectivity index (χ0v) is 21.4. The summed E-state index contributed by atoms with van der Waals surface area (Å²) in [7, 11) is 0. The van der Waals surface area contributed by atoms with Crippen LogP contribution in [-0.4, -0.2) is 40.5 Å². The molecule has 3 saturated carbocycles. The van der Waals surface area contributed by atoms with E-state index in [0.717, 1.165) is 43.0 Å². The number of H-pyrrole nitrogens is 1. The first-order chi connectivity index (χ1) is 16.8. The van der Waals surface area contributed by atoms with Gasteiger partial charge in [-0.05, 0) is 93.0 Å². The maximum atomic E-state index is 12.4. The molecule has 0 bridgehead atoms. The zero-order chi connectivity index (χ0) is 24.6. The molecule has 5 rings (SSSR count). The first kappa shape index (κ1) is 24.3. The number of aromatic amines is 1. The summed E-state index contributed by atoms with van der Waals surface area (Å²) in [6.45, 7) is 7.17. The summed E-state index contributed by atoms with van der Waals surface area (Å²) in [5.41, 5.74) is 3.90. The van der Waals surface area contributed by atoms with Crippen molar-refractivity contribution in [3.05, 3.63) is 29.9 Å². The monoisotopic (exact) mass is 480 g/mol. The largest absolute Gasteiger partial charge is 0.385 e. The van der Waals surface area contributed by atoms with Crippen LogP contribution in [0.3, 0.4) is 0 Å². The third-order valence-corrected chi connectivity index (χ3v) is 10.1. The van der Waals surface area contributed by atoms with E-state index in [1.807, 2.05) is 6.92 Å². The summed E-state index contributed by atoms with van der Waals surface area (Å²) >= 11 is 0. The van der Waals surface area contributed by atoms with Gasteiger partial charge in [0.05, 0.1) is 12.0 Å². The number of Topliss-reactive ketones (excluding diaryl/α,β-unsaturated/α-hetero) is 1. The fourth-order valence-electron chi connectivity index (χ4n) is 8.29. The van der Waals surface area contributed by atoms with Gasteiger partial charge in [0.1, 0.15) is 5.78 Å². The number of fused-ring (bicyclic) bond motifs is 5. The van der Waals surface area contributed by atoms with E-state index < -0.39 is 0 Å². The Hall–Kier alpha value is -2.44. The number of carbonyl (C=O) groups excluding carboxylic acids is 2. The van der Waals surface area contributed by atoms with Gasteiger partial charge in [0.2, 0.25) is 0 Å². The minimum absolute atomic E-state index is 0.0603. The summed E-state index contributed by atoms with van der Waals surface area (Å²) in [5.74, 6) is 2.64. The second kappa shape index (κ2) is 9.55. The minimum Gasteiger partial charge on any atom is -0.385 e. The Kier molecular flexibility index (Phi) is 6.62. The number of hydrogen-bond acceptors (Lipinski definition) is 5. The van der Waals surface area contributed by atoms with E-state index in [-0.39, 0.29) is 29.3 Å². The lowest BCUT2D eigenvalue weighted by molar-refractivity contribution is -0.128. The van der Waals surface area contributed by atoms with Crippen molar-refractivity contribution in [1.82, 2.24) is 15.3 Å². The Morgan fingerprint density at radius 2 is 2.03 bits per heavy atom. The predicted octanol–water partition coefficient (Wildman–Crippen LogP) is 4.61. The van der Waals surface area contributed by atoms with Crippen molar-refractivity contribution in [1.29, 1.82) is 0 Å². The number of aromatic nitrogens is 2. The van der Waals surface area contributed by atoms with Crippen molar-refractivity contribution in [3.63, 3.8) is 0 Å². The quantitative estimate of drug-likeness (QED) is 0.557. The first-order valence-electron chi connectivity index (χ1n) is 13.5. The molecule has 2 N–H and O–H groups in total. The van der Waals surface area contributed by atoms with E-state index in [1.165, 1.54) is 31.3 Å². The van der Waals surface area contributed by atoms with Crippen LogP contribution in [0, 0.1) is 34.5 Å². The van der Waals surface area contributed by atoms with Gasteiger partial charge in [0, 0.05) is 30.8 Å². The first-order valence-corrected chi connectivity index (χ1v) is 13.5. The number of imidazole rings is 1. The number of carbonyl (C=O) groups is 2. The van der Waals surface area contributed by atoms with Crippen LogP contribution in [0.5, 0.6) is 0 Å². The van der Waals surface area contributed by atoms with Gasteiger partial charge in [0.15, 0.2) is 6.61 Å². The molecule has 4 aliphatic carbocycles. The van der Waals surface area contributed by atoms with Gasteiger partial charge in [-0.15, -0.1) is 0 Å². The van der Waals surface area contributed by atoms with E-state index in [0.29, 0.717) is 30.6 Å². The fraction of sp³-hybridized carbons (Fsp3) is 0.714. The molecule has 0 radical (unpaired) electrons. The Morgan fingerprint density at radius 1 is 1.17 bits per heavy atom. The average molecular weight is 481 g/mol. The van der Waals surface area contributed by atoms with Crippen molar-refractivity contribution >= 4 is 17.4 Å². The van der Waals surface area contributed by atoms with Crippen LogP contribution in [0.2, 0.25) is 0 Å². The Bertz CT molecular complexity index is 1020. The van der Waals surface area contributed by atoms with Crippen molar-refractivity contribution in [3.8, 4) is 0 Å². The standard InChI is InChI=1S/C28H40N4O3/c1-18(33)23-6-7-24-22-5-4-19-14-20(8-11-27(19,2)25(22)9-12-28(23,24)3)32-35-16-26(34)30-13-10-21-15-29-17-31-21/h14-15,17,22-25H,4-13,16H2,1-3H3,(H,29,31)(H,30,34)/b32-20+/t22-,23+,24-,25-,27-,28+/m0/s1. The topological polar surface area (TPSA) is 96.4 Å². The number of amides is 1. The van der Waals surface area contributed by atoms with Gasteiger partial charge in [-0.1, -0.05) is 24.6 Å².